The lowest BCUT2D eigenvalue weighted by atomic mass is 9.77. The molecule has 1 aliphatic heterocycles. The summed E-state index contributed by atoms with van der Waals surface area (Å²) in [4.78, 5) is 12.6. The number of aromatic nitrogens is 2. The molecule has 3 rings (SSSR count). The summed E-state index contributed by atoms with van der Waals surface area (Å²) in [6.45, 7) is 1.23. The molecule has 0 saturated carbocycles. The van der Waals surface area contributed by atoms with Crippen molar-refractivity contribution in [1.29, 1.82) is 0 Å². The summed E-state index contributed by atoms with van der Waals surface area (Å²) < 4.78 is 0. The van der Waals surface area contributed by atoms with Gasteiger partial charge < -0.3 is 15.7 Å². The topological polar surface area (TPSA) is 78.5 Å². The molecule has 0 amide bonds. The highest BCUT2D eigenvalue weighted by Crippen LogP contribution is 2.38. The van der Waals surface area contributed by atoms with Crippen LogP contribution < -0.4 is 10.6 Å². The second kappa shape index (κ2) is 6.14. The number of aliphatic hydroxyl groups excluding tert-OH is 1. The maximum atomic E-state index is 11.0. The van der Waals surface area contributed by atoms with Gasteiger partial charge in [0.2, 0.25) is 5.95 Å². The molecule has 1 saturated heterocycles. The van der Waals surface area contributed by atoms with Gasteiger partial charge in [0.25, 0.3) is 0 Å². The minimum atomic E-state index is -0.557. The quantitative estimate of drug-likeness (QED) is 0.883. The average molecular weight is 313 g/mol. The Bertz CT molecular complexity index is 663. The number of piperidine rings is 1. The summed E-state index contributed by atoms with van der Waals surface area (Å²) in [7, 11) is 4.03. The Morgan fingerprint density at radius 3 is 2.61 bits per heavy atom. The molecule has 1 aromatic carbocycles. The third kappa shape index (κ3) is 2.75. The summed E-state index contributed by atoms with van der Waals surface area (Å²) in [6, 6.07) is 11.8. The number of hydrogen-bond donors (Lipinski definition) is 2. The van der Waals surface area contributed by atoms with E-state index in [1.807, 2.05) is 37.2 Å². The predicted molar refractivity (Wildman–Crippen MR) is 91.1 cm³/mol. The number of rotatable bonds is 3. The summed E-state index contributed by atoms with van der Waals surface area (Å²) >= 11 is 0. The van der Waals surface area contributed by atoms with Crippen LogP contribution in [0.5, 0.6) is 0 Å². The van der Waals surface area contributed by atoms with Crippen LogP contribution >= 0.6 is 0 Å². The van der Waals surface area contributed by atoms with E-state index >= 15 is 0 Å². The van der Waals surface area contributed by atoms with Gasteiger partial charge in [-0.05, 0) is 32.1 Å². The minimum Gasteiger partial charge on any atom is -0.389 e. The Hall–Kier alpha value is -2.18. The van der Waals surface area contributed by atoms with Crippen LogP contribution in [0.25, 0.3) is 0 Å². The lowest BCUT2D eigenvalue weighted by molar-refractivity contribution is -0.0248. The van der Waals surface area contributed by atoms with Crippen molar-refractivity contribution < 1.29 is 5.11 Å². The maximum absolute atomic E-state index is 11.0. The average Bonchev–Trinajstić information content (AvgIpc) is 2.55. The molecule has 2 aromatic rings. The summed E-state index contributed by atoms with van der Waals surface area (Å²) in [6.07, 6.45) is 1.87. The van der Waals surface area contributed by atoms with Crippen molar-refractivity contribution in [2.75, 3.05) is 37.8 Å². The Labute approximate surface area is 136 Å². The van der Waals surface area contributed by atoms with E-state index in [0.29, 0.717) is 18.3 Å². The zero-order chi connectivity index (χ0) is 16.4. The lowest BCUT2D eigenvalue weighted by Crippen LogP contribution is -2.60. The van der Waals surface area contributed by atoms with Crippen LogP contribution in [0.15, 0.2) is 42.6 Å². The Balaban J connectivity index is 1.89. The first-order valence-corrected chi connectivity index (χ1v) is 7.78. The van der Waals surface area contributed by atoms with E-state index in [0.717, 1.165) is 18.5 Å². The van der Waals surface area contributed by atoms with Gasteiger partial charge in [0.15, 0.2) is 0 Å². The smallest absolute Gasteiger partial charge is 0.227 e. The number of nitrogen functional groups attached to an aromatic ring is 1. The van der Waals surface area contributed by atoms with Crippen molar-refractivity contribution in [3.05, 3.63) is 48.2 Å². The Morgan fingerprint density at radius 2 is 2.00 bits per heavy atom. The van der Waals surface area contributed by atoms with Crippen LogP contribution in [-0.2, 0) is 5.54 Å². The van der Waals surface area contributed by atoms with E-state index in [1.54, 1.807) is 12.3 Å². The fourth-order valence-corrected chi connectivity index (χ4v) is 3.46. The van der Waals surface area contributed by atoms with Crippen LogP contribution in [0, 0.1) is 0 Å². The van der Waals surface area contributed by atoms with Gasteiger partial charge in [0.05, 0.1) is 11.6 Å². The highest BCUT2D eigenvalue weighted by molar-refractivity contribution is 5.40. The normalized spacial score (nSPS) is 24.9. The van der Waals surface area contributed by atoms with E-state index in [1.165, 1.54) is 0 Å². The van der Waals surface area contributed by atoms with Gasteiger partial charge >= 0.3 is 0 Å². The van der Waals surface area contributed by atoms with Crippen molar-refractivity contribution in [2.45, 2.75) is 18.1 Å². The first kappa shape index (κ1) is 15.7. The summed E-state index contributed by atoms with van der Waals surface area (Å²) in [5.41, 5.74) is 6.47. The maximum Gasteiger partial charge on any atom is 0.227 e. The number of likely N-dealkylation sites (N-methyl/N-ethyl adjacent to an activating group) is 1. The van der Waals surface area contributed by atoms with E-state index in [9.17, 15) is 5.11 Å². The molecule has 1 fully saturated rings. The van der Waals surface area contributed by atoms with Gasteiger partial charge in [-0.25, -0.2) is 4.98 Å². The van der Waals surface area contributed by atoms with Crippen molar-refractivity contribution >= 4 is 11.8 Å². The molecular weight excluding hydrogens is 290 g/mol. The predicted octanol–water partition coefficient (Wildman–Crippen LogP) is 1.09. The van der Waals surface area contributed by atoms with Crippen molar-refractivity contribution in [2.24, 2.45) is 0 Å². The van der Waals surface area contributed by atoms with Crippen molar-refractivity contribution in [1.82, 2.24) is 14.9 Å². The number of nitrogens with zero attached hydrogens (tertiary/aromatic N) is 4. The van der Waals surface area contributed by atoms with E-state index in [4.69, 9.17) is 5.73 Å². The van der Waals surface area contributed by atoms with Gasteiger partial charge in [0.1, 0.15) is 5.82 Å². The molecule has 122 valence electrons. The molecule has 0 spiro atoms. The number of benzene rings is 1. The fraction of sp³-hybridized carbons (Fsp3) is 0.412. The van der Waals surface area contributed by atoms with Gasteiger partial charge in [-0.1, -0.05) is 30.3 Å². The Kier molecular flexibility index (Phi) is 4.19. The largest absolute Gasteiger partial charge is 0.389 e. The second-order valence-corrected chi connectivity index (χ2v) is 6.18. The lowest BCUT2D eigenvalue weighted by Gasteiger charge is -2.49. The molecule has 2 heterocycles. The van der Waals surface area contributed by atoms with Gasteiger partial charge in [-0.3, -0.25) is 4.90 Å². The van der Waals surface area contributed by atoms with Crippen LogP contribution in [-0.4, -0.2) is 53.3 Å². The van der Waals surface area contributed by atoms with Gasteiger partial charge in [0, 0.05) is 19.3 Å². The third-order valence-corrected chi connectivity index (χ3v) is 4.73. The van der Waals surface area contributed by atoms with E-state index in [2.05, 4.69) is 27.0 Å². The molecule has 0 radical (unpaired) electrons. The van der Waals surface area contributed by atoms with Crippen molar-refractivity contribution in [3.63, 3.8) is 0 Å². The molecule has 0 unspecified atom stereocenters. The monoisotopic (exact) mass is 313 g/mol. The zero-order valence-corrected chi connectivity index (χ0v) is 13.6. The molecule has 2 atom stereocenters. The van der Waals surface area contributed by atoms with Crippen LogP contribution in [0.4, 0.5) is 11.8 Å². The molecule has 6 heteroatoms. The molecule has 0 bridgehead atoms. The van der Waals surface area contributed by atoms with Gasteiger partial charge in [-0.2, -0.15) is 4.98 Å². The first-order chi connectivity index (χ1) is 11.0. The zero-order valence-electron chi connectivity index (χ0n) is 13.6. The number of β-amino-alcohol motifs (C(OH)–C–C–N with tert-alkyl or cyclic N) is 1. The highest BCUT2D eigenvalue weighted by Gasteiger charge is 2.45. The molecular formula is C17H23N5O. The molecule has 3 N–H and O–H groups in total. The molecule has 1 aliphatic rings. The number of hydrogen-bond acceptors (Lipinski definition) is 6. The number of anilines is 2. The highest BCUT2D eigenvalue weighted by atomic mass is 16.3. The molecule has 6 nitrogen and oxygen atoms in total. The molecule has 1 aromatic heterocycles. The number of aliphatic hydroxyl groups is 1. The Morgan fingerprint density at radius 1 is 1.26 bits per heavy atom. The summed E-state index contributed by atoms with van der Waals surface area (Å²) in [5.74, 6) is 1.02. The molecule has 0 aliphatic carbocycles. The summed E-state index contributed by atoms with van der Waals surface area (Å²) in [5, 5.41) is 11.0. The van der Waals surface area contributed by atoms with Crippen molar-refractivity contribution in [3.8, 4) is 0 Å². The second-order valence-electron chi connectivity index (χ2n) is 6.18. The third-order valence-electron chi connectivity index (χ3n) is 4.73. The van der Waals surface area contributed by atoms with Crippen LogP contribution in [0.1, 0.15) is 12.0 Å². The van der Waals surface area contributed by atoms with Crippen LogP contribution in [0.2, 0.25) is 0 Å². The number of nitrogens with two attached hydrogens (primary N) is 1. The fourth-order valence-electron chi connectivity index (χ4n) is 3.46. The first-order valence-electron chi connectivity index (χ1n) is 7.78. The SMILES string of the molecule is CN(C)[C@]1(c2ccccc2)CCN(c2nccc(N)n2)C[C@H]1O. The van der Waals surface area contributed by atoms with Crippen LogP contribution in [0.3, 0.4) is 0 Å². The van der Waals surface area contributed by atoms with E-state index in [-0.39, 0.29) is 0 Å². The minimum absolute atomic E-state index is 0.405. The molecule has 23 heavy (non-hydrogen) atoms. The standard InChI is InChI=1S/C17H23N5O/c1-21(2)17(13-6-4-3-5-7-13)9-11-22(12-14(17)23)16-19-10-8-15(18)20-16/h3-8,10,14,23H,9,11-12H2,1-2H3,(H2,18,19,20)/t14-,17+/m1/s1. The van der Waals surface area contributed by atoms with E-state index < -0.39 is 11.6 Å². The van der Waals surface area contributed by atoms with Gasteiger partial charge in [-0.15, -0.1) is 0 Å².